The molecule has 3 rings (SSSR count). The fourth-order valence-corrected chi connectivity index (χ4v) is 3.57. The lowest BCUT2D eigenvalue weighted by Crippen LogP contribution is -2.51. The number of urea groups is 1. The van der Waals surface area contributed by atoms with Crippen LogP contribution in [0.5, 0.6) is 0 Å². The van der Waals surface area contributed by atoms with Crippen molar-refractivity contribution in [1.29, 1.82) is 0 Å². The Balaban J connectivity index is 1.73. The number of allylic oxidation sites excluding steroid dienone is 1. The molecule has 0 saturated carbocycles. The summed E-state index contributed by atoms with van der Waals surface area (Å²) < 4.78 is 1.24. The predicted molar refractivity (Wildman–Crippen MR) is 92.1 cm³/mol. The number of hydrogen-bond donors (Lipinski definition) is 3. The number of nitrogens with one attached hydrogen (secondary N) is 3. The molecule has 0 saturated heterocycles. The largest absolute Gasteiger partial charge is 0.348 e. The standard InChI is InChI=1S/C17H19N3O2S/c1-3-13-15(10(2)19-17(22)20-13)16(21)18-9-11-4-5-14-12(8-11)6-7-23-14/h4-8,13H,3,9H2,1-2H3,(H,18,21)(H2,19,20,22). The number of thiophene rings is 1. The monoisotopic (exact) mass is 329 g/mol. The van der Waals surface area contributed by atoms with Crippen molar-refractivity contribution in [3.63, 3.8) is 0 Å². The van der Waals surface area contributed by atoms with Crippen molar-refractivity contribution in [2.75, 3.05) is 0 Å². The number of hydrogen-bond acceptors (Lipinski definition) is 3. The predicted octanol–water partition coefficient (Wildman–Crippen LogP) is 2.88. The Labute approximate surface area is 138 Å². The van der Waals surface area contributed by atoms with Gasteiger partial charge in [-0.15, -0.1) is 11.3 Å². The van der Waals surface area contributed by atoms with Crippen molar-refractivity contribution in [2.24, 2.45) is 0 Å². The van der Waals surface area contributed by atoms with E-state index in [0.29, 0.717) is 24.2 Å². The lowest BCUT2D eigenvalue weighted by Gasteiger charge is -2.27. The number of rotatable bonds is 4. The van der Waals surface area contributed by atoms with Crippen molar-refractivity contribution in [3.05, 3.63) is 46.5 Å². The number of carbonyl (C=O) groups excluding carboxylic acids is 2. The third-order valence-electron chi connectivity index (χ3n) is 3.98. The van der Waals surface area contributed by atoms with Crippen molar-refractivity contribution in [1.82, 2.24) is 16.0 Å². The summed E-state index contributed by atoms with van der Waals surface area (Å²) in [7, 11) is 0. The molecule has 1 aliphatic heterocycles. The lowest BCUT2D eigenvalue weighted by molar-refractivity contribution is -0.118. The van der Waals surface area contributed by atoms with Crippen molar-refractivity contribution < 1.29 is 9.59 Å². The van der Waals surface area contributed by atoms with Crippen LogP contribution in [-0.4, -0.2) is 18.0 Å². The molecule has 3 N–H and O–H groups in total. The zero-order chi connectivity index (χ0) is 16.4. The minimum absolute atomic E-state index is 0.146. The van der Waals surface area contributed by atoms with Crippen LogP contribution in [0, 0.1) is 0 Å². The van der Waals surface area contributed by atoms with Gasteiger partial charge in [-0.3, -0.25) is 4.79 Å². The van der Waals surface area contributed by atoms with E-state index in [-0.39, 0.29) is 18.0 Å². The van der Waals surface area contributed by atoms with Gasteiger partial charge in [-0.05, 0) is 47.9 Å². The Morgan fingerprint density at radius 3 is 2.96 bits per heavy atom. The summed E-state index contributed by atoms with van der Waals surface area (Å²) in [5, 5.41) is 11.6. The van der Waals surface area contributed by atoms with Gasteiger partial charge in [0.25, 0.3) is 5.91 Å². The highest BCUT2D eigenvalue weighted by atomic mass is 32.1. The highest BCUT2D eigenvalue weighted by molar-refractivity contribution is 7.17. The second-order valence-corrected chi connectivity index (χ2v) is 6.52. The first-order chi connectivity index (χ1) is 11.1. The van der Waals surface area contributed by atoms with E-state index in [1.54, 1.807) is 18.3 Å². The molecule has 1 unspecified atom stereocenters. The smallest absolute Gasteiger partial charge is 0.319 e. The summed E-state index contributed by atoms with van der Waals surface area (Å²) in [4.78, 5) is 24.0. The molecule has 120 valence electrons. The van der Waals surface area contributed by atoms with E-state index in [4.69, 9.17) is 0 Å². The maximum atomic E-state index is 12.5. The molecular weight excluding hydrogens is 310 g/mol. The Morgan fingerprint density at radius 2 is 2.17 bits per heavy atom. The quantitative estimate of drug-likeness (QED) is 0.807. The summed E-state index contributed by atoms with van der Waals surface area (Å²) >= 11 is 1.70. The molecule has 6 heteroatoms. The van der Waals surface area contributed by atoms with Crippen LogP contribution in [0.4, 0.5) is 4.79 Å². The van der Waals surface area contributed by atoms with E-state index in [2.05, 4.69) is 39.5 Å². The molecule has 1 aromatic carbocycles. The molecule has 1 aliphatic rings. The Bertz CT molecular complexity index is 794. The molecule has 23 heavy (non-hydrogen) atoms. The van der Waals surface area contributed by atoms with Gasteiger partial charge in [0.2, 0.25) is 0 Å². The van der Waals surface area contributed by atoms with E-state index < -0.39 is 0 Å². The van der Waals surface area contributed by atoms with Gasteiger partial charge in [-0.1, -0.05) is 13.0 Å². The van der Waals surface area contributed by atoms with Gasteiger partial charge in [0.1, 0.15) is 0 Å². The topological polar surface area (TPSA) is 70.2 Å². The summed E-state index contributed by atoms with van der Waals surface area (Å²) in [6.45, 7) is 4.17. The summed E-state index contributed by atoms with van der Waals surface area (Å²) in [6, 6.07) is 7.76. The van der Waals surface area contributed by atoms with Crippen LogP contribution >= 0.6 is 11.3 Å². The average Bonchev–Trinajstić information content (AvgIpc) is 2.99. The van der Waals surface area contributed by atoms with E-state index >= 15 is 0 Å². The lowest BCUT2D eigenvalue weighted by atomic mass is 10.00. The maximum Gasteiger partial charge on any atom is 0.319 e. The summed E-state index contributed by atoms with van der Waals surface area (Å²) in [5.41, 5.74) is 2.28. The molecule has 0 aliphatic carbocycles. The molecule has 2 aromatic rings. The van der Waals surface area contributed by atoms with E-state index in [9.17, 15) is 9.59 Å². The maximum absolute atomic E-state index is 12.5. The Hall–Kier alpha value is -2.34. The van der Waals surface area contributed by atoms with Gasteiger partial charge in [-0.25, -0.2) is 4.79 Å². The zero-order valence-electron chi connectivity index (χ0n) is 13.1. The van der Waals surface area contributed by atoms with Gasteiger partial charge in [0.15, 0.2) is 0 Å². The van der Waals surface area contributed by atoms with Crippen LogP contribution in [0.2, 0.25) is 0 Å². The highest BCUT2D eigenvalue weighted by Crippen LogP contribution is 2.22. The third-order valence-corrected chi connectivity index (χ3v) is 4.88. The van der Waals surface area contributed by atoms with Crippen molar-refractivity contribution in [2.45, 2.75) is 32.9 Å². The first-order valence-electron chi connectivity index (χ1n) is 7.61. The van der Waals surface area contributed by atoms with Gasteiger partial charge < -0.3 is 16.0 Å². The molecule has 0 fully saturated rings. The summed E-state index contributed by atoms with van der Waals surface area (Å²) in [6.07, 6.45) is 0.675. The fourth-order valence-electron chi connectivity index (χ4n) is 2.80. The molecule has 0 bridgehead atoms. The number of benzene rings is 1. The van der Waals surface area contributed by atoms with Crippen LogP contribution in [0.1, 0.15) is 25.8 Å². The van der Waals surface area contributed by atoms with Crippen molar-refractivity contribution >= 4 is 33.4 Å². The van der Waals surface area contributed by atoms with Gasteiger partial charge in [-0.2, -0.15) is 0 Å². The molecule has 1 atom stereocenters. The van der Waals surface area contributed by atoms with Crippen LogP contribution < -0.4 is 16.0 Å². The van der Waals surface area contributed by atoms with E-state index in [1.807, 2.05) is 13.0 Å². The zero-order valence-corrected chi connectivity index (χ0v) is 13.9. The minimum atomic E-state index is -0.256. The van der Waals surface area contributed by atoms with E-state index in [1.165, 1.54) is 10.1 Å². The number of fused-ring (bicyclic) bond motifs is 1. The van der Waals surface area contributed by atoms with Gasteiger partial charge >= 0.3 is 6.03 Å². The SMILES string of the molecule is CCC1NC(=O)NC(C)=C1C(=O)NCc1ccc2sccc2c1. The molecule has 5 nitrogen and oxygen atoms in total. The molecule has 1 aromatic heterocycles. The normalized spacial score (nSPS) is 17.8. The second kappa shape index (κ2) is 6.42. The number of amides is 3. The summed E-state index contributed by atoms with van der Waals surface area (Å²) in [5.74, 6) is -0.146. The minimum Gasteiger partial charge on any atom is -0.348 e. The molecule has 3 amide bonds. The van der Waals surface area contributed by atoms with Gasteiger partial charge in [0, 0.05) is 16.9 Å². The Kier molecular flexibility index (Phi) is 4.34. The van der Waals surface area contributed by atoms with Crippen molar-refractivity contribution in [3.8, 4) is 0 Å². The number of carbonyl (C=O) groups is 2. The van der Waals surface area contributed by atoms with Crippen LogP contribution in [0.25, 0.3) is 10.1 Å². The van der Waals surface area contributed by atoms with E-state index in [0.717, 1.165) is 5.56 Å². The first-order valence-corrected chi connectivity index (χ1v) is 8.49. The molecular formula is C17H19N3O2S. The molecule has 0 spiro atoms. The molecule has 2 heterocycles. The van der Waals surface area contributed by atoms with Crippen LogP contribution in [0.15, 0.2) is 40.9 Å². The van der Waals surface area contributed by atoms with Crippen LogP contribution in [0.3, 0.4) is 0 Å². The highest BCUT2D eigenvalue weighted by Gasteiger charge is 2.28. The molecule has 0 radical (unpaired) electrons. The fraction of sp³-hybridized carbons (Fsp3) is 0.294. The van der Waals surface area contributed by atoms with Crippen LogP contribution in [-0.2, 0) is 11.3 Å². The first kappa shape index (κ1) is 15.6. The second-order valence-electron chi connectivity index (χ2n) is 5.57. The Morgan fingerprint density at radius 1 is 1.35 bits per heavy atom. The average molecular weight is 329 g/mol. The third kappa shape index (κ3) is 3.22. The van der Waals surface area contributed by atoms with Gasteiger partial charge in [0.05, 0.1) is 11.6 Å².